The van der Waals surface area contributed by atoms with Crippen LogP contribution in [0, 0.1) is 5.92 Å². The van der Waals surface area contributed by atoms with Gasteiger partial charge in [0.05, 0.1) is 17.5 Å². The van der Waals surface area contributed by atoms with E-state index in [1.54, 1.807) is 18.2 Å². The molecule has 1 aromatic carbocycles. The fourth-order valence-electron chi connectivity index (χ4n) is 3.64. The third-order valence-electron chi connectivity index (χ3n) is 4.87. The smallest absolute Gasteiger partial charge is 0.175 e. The van der Waals surface area contributed by atoms with Gasteiger partial charge in [0.25, 0.3) is 0 Å². The summed E-state index contributed by atoms with van der Waals surface area (Å²) in [6.07, 6.45) is 5.26. The maximum absolute atomic E-state index is 13.0. The van der Waals surface area contributed by atoms with Gasteiger partial charge in [0.15, 0.2) is 23.1 Å². The van der Waals surface area contributed by atoms with Crippen LogP contribution in [0.1, 0.15) is 17.9 Å². The van der Waals surface area contributed by atoms with Crippen molar-refractivity contribution in [2.24, 2.45) is 5.92 Å². The normalized spacial score (nSPS) is 28.2. The fourth-order valence-corrected chi connectivity index (χ4v) is 5.60. The van der Waals surface area contributed by atoms with Gasteiger partial charge in [-0.25, -0.2) is 0 Å². The SMILES string of the molecule is C=CC1=CC[C@H]2C(=O)C(Br)=CC(=O)[C@@]2(Br)[C@H]1c1cc(Br)cc(OC)c1O. The molecule has 0 aromatic heterocycles. The molecule has 0 aliphatic heterocycles. The van der Waals surface area contributed by atoms with Gasteiger partial charge < -0.3 is 9.84 Å². The number of phenols is 1. The van der Waals surface area contributed by atoms with Crippen LogP contribution in [0.2, 0.25) is 0 Å². The zero-order chi connectivity index (χ0) is 19.2. The van der Waals surface area contributed by atoms with E-state index in [2.05, 4.69) is 54.4 Å². The largest absolute Gasteiger partial charge is 0.504 e. The molecule has 0 bridgehead atoms. The number of allylic oxidation sites excluding steroid dienone is 5. The lowest BCUT2D eigenvalue weighted by Crippen LogP contribution is -2.52. The highest BCUT2D eigenvalue weighted by Gasteiger charge is 2.57. The number of ether oxygens (including phenoxy) is 1. The van der Waals surface area contributed by atoms with Crippen LogP contribution < -0.4 is 4.74 Å². The van der Waals surface area contributed by atoms with Gasteiger partial charge in [0, 0.05) is 22.0 Å². The van der Waals surface area contributed by atoms with Crippen LogP contribution in [0.4, 0.5) is 0 Å². The number of benzene rings is 1. The molecule has 1 aromatic rings. The van der Waals surface area contributed by atoms with Crippen LogP contribution in [0.3, 0.4) is 0 Å². The summed E-state index contributed by atoms with van der Waals surface area (Å²) in [5.74, 6) is -1.35. The van der Waals surface area contributed by atoms with Crippen molar-refractivity contribution in [1.29, 1.82) is 0 Å². The van der Waals surface area contributed by atoms with Crippen molar-refractivity contribution in [2.45, 2.75) is 16.7 Å². The molecule has 1 N–H and O–H groups in total. The van der Waals surface area contributed by atoms with E-state index in [1.807, 2.05) is 6.08 Å². The van der Waals surface area contributed by atoms with E-state index < -0.39 is 16.2 Å². The van der Waals surface area contributed by atoms with Crippen molar-refractivity contribution < 1.29 is 19.4 Å². The quantitative estimate of drug-likeness (QED) is 0.545. The highest BCUT2D eigenvalue weighted by atomic mass is 79.9. The van der Waals surface area contributed by atoms with Gasteiger partial charge >= 0.3 is 0 Å². The summed E-state index contributed by atoms with van der Waals surface area (Å²) in [5, 5.41) is 10.7. The Labute approximate surface area is 176 Å². The molecule has 0 saturated carbocycles. The second kappa shape index (κ2) is 7.09. The number of rotatable bonds is 3. The second-order valence-electron chi connectivity index (χ2n) is 6.16. The van der Waals surface area contributed by atoms with Crippen LogP contribution >= 0.6 is 47.8 Å². The molecule has 3 atom stereocenters. The van der Waals surface area contributed by atoms with Gasteiger partial charge in [-0.15, -0.1) is 0 Å². The Hall–Kier alpha value is -1.18. The molecule has 136 valence electrons. The van der Waals surface area contributed by atoms with E-state index in [0.29, 0.717) is 16.5 Å². The lowest BCUT2D eigenvalue weighted by Gasteiger charge is -2.45. The van der Waals surface area contributed by atoms with Crippen molar-refractivity contribution in [3.63, 3.8) is 0 Å². The third-order valence-corrected chi connectivity index (χ3v) is 7.35. The highest BCUT2D eigenvalue weighted by molar-refractivity contribution is 9.12. The molecule has 0 heterocycles. The van der Waals surface area contributed by atoms with Crippen LogP contribution in [-0.4, -0.2) is 28.1 Å². The molecule has 0 radical (unpaired) electrons. The number of phenolic OH excluding ortho intramolecular Hbond substituents is 1. The van der Waals surface area contributed by atoms with Gasteiger partial charge in [-0.05, 0) is 40.1 Å². The summed E-state index contributed by atoms with van der Waals surface area (Å²) in [5.41, 5.74) is 1.25. The third kappa shape index (κ3) is 2.84. The van der Waals surface area contributed by atoms with Crippen LogP contribution in [-0.2, 0) is 9.59 Å². The minimum Gasteiger partial charge on any atom is -0.504 e. The summed E-state index contributed by atoms with van der Waals surface area (Å²) < 4.78 is 5.00. The van der Waals surface area contributed by atoms with Crippen LogP contribution in [0.15, 0.2) is 51.5 Å². The summed E-state index contributed by atoms with van der Waals surface area (Å²) >= 11 is 10.2. The molecule has 2 aliphatic carbocycles. The van der Waals surface area contributed by atoms with Crippen molar-refractivity contribution in [3.05, 3.63) is 57.0 Å². The number of alkyl halides is 1. The molecular weight excluding hydrogens is 532 g/mol. The number of ketones is 2. The van der Waals surface area contributed by atoms with Crippen molar-refractivity contribution >= 4 is 59.4 Å². The Bertz CT molecular complexity index is 887. The van der Waals surface area contributed by atoms with E-state index >= 15 is 0 Å². The number of carbonyl (C=O) groups excluding carboxylic acids is 2. The van der Waals surface area contributed by atoms with E-state index in [1.165, 1.54) is 13.2 Å². The van der Waals surface area contributed by atoms with Crippen molar-refractivity contribution in [3.8, 4) is 11.5 Å². The van der Waals surface area contributed by atoms with Gasteiger partial charge in [-0.2, -0.15) is 0 Å². The first-order valence-electron chi connectivity index (χ1n) is 7.79. The van der Waals surface area contributed by atoms with Gasteiger partial charge in [-0.1, -0.05) is 50.6 Å². The maximum Gasteiger partial charge on any atom is 0.175 e. The fraction of sp³-hybridized carbons (Fsp3) is 0.263. The topological polar surface area (TPSA) is 63.6 Å². The molecule has 0 unspecified atom stereocenters. The predicted molar refractivity (Wildman–Crippen MR) is 110 cm³/mol. The first-order valence-corrected chi connectivity index (χ1v) is 10.2. The number of methoxy groups -OCH3 is 1. The van der Waals surface area contributed by atoms with E-state index in [-0.39, 0.29) is 27.5 Å². The molecule has 0 spiro atoms. The average Bonchev–Trinajstić information content (AvgIpc) is 2.61. The predicted octanol–water partition coefficient (Wildman–Crippen LogP) is 4.94. The zero-order valence-electron chi connectivity index (χ0n) is 13.8. The van der Waals surface area contributed by atoms with E-state index in [4.69, 9.17) is 4.74 Å². The zero-order valence-corrected chi connectivity index (χ0v) is 18.5. The lowest BCUT2D eigenvalue weighted by atomic mass is 9.64. The first-order chi connectivity index (χ1) is 12.2. The molecule has 2 aliphatic rings. The molecule has 4 nitrogen and oxygen atoms in total. The summed E-state index contributed by atoms with van der Waals surface area (Å²) in [7, 11) is 1.46. The van der Waals surface area contributed by atoms with Crippen LogP contribution in [0.25, 0.3) is 0 Å². The number of fused-ring (bicyclic) bond motifs is 1. The first kappa shape index (κ1) is 19.6. The van der Waals surface area contributed by atoms with E-state index in [9.17, 15) is 14.7 Å². The minimum atomic E-state index is -1.21. The van der Waals surface area contributed by atoms with E-state index in [0.717, 1.165) is 5.57 Å². The lowest BCUT2D eigenvalue weighted by molar-refractivity contribution is -0.127. The summed E-state index contributed by atoms with van der Waals surface area (Å²) in [6, 6.07) is 3.37. The Morgan fingerprint density at radius 1 is 1.35 bits per heavy atom. The van der Waals surface area contributed by atoms with Gasteiger partial charge in [-0.3, -0.25) is 9.59 Å². The highest BCUT2D eigenvalue weighted by Crippen LogP contribution is 2.56. The number of halogens is 3. The number of carbonyl (C=O) groups is 2. The monoisotopic (exact) mass is 544 g/mol. The molecule has 0 amide bonds. The van der Waals surface area contributed by atoms with Crippen molar-refractivity contribution in [2.75, 3.05) is 7.11 Å². The standard InChI is InChI=1S/C19H15Br3O4/c1-3-9-4-5-12-18(25)13(21)8-15(23)19(12,22)16(9)11-6-10(20)7-14(26-2)17(11)24/h3-4,6-8,12,16,24H,1,5H2,2H3/t12-,16+,19+/m0/s1. The Morgan fingerprint density at radius 3 is 2.65 bits per heavy atom. The summed E-state index contributed by atoms with van der Waals surface area (Å²) in [6.45, 7) is 3.85. The molecular formula is C19H15Br3O4. The molecule has 26 heavy (non-hydrogen) atoms. The Balaban J connectivity index is 2.30. The van der Waals surface area contributed by atoms with Crippen LogP contribution in [0.5, 0.6) is 11.5 Å². The number of hydrogen-bond donors (Lipinski definition) is 1. The average molecular weight is 547 g/mol. The maximum atomic E-state index is 13.0. The molecule has 3 rings (SSSR count). The number of hydrogen-bond acceptors (Lipinski definition) is 4. The second-order valence-corrected chi connectivity index (χ2v) is 9.25. The number of aromatic hydroxyl groups is 1. The number of Topliss-reactive ketones (excluding diaryl/α,β-unsaturated/α-hetero) is 1. The minimum absolute atomic E-state index is 0.0678. The summed E-state index contributed by atoms with van der Waals surface area (Å²) in [4.78, 5) is 25.7. The molecule has 0 saturated heterocycles. The van der Waals surface area contributed by atoms with Gasteiger partial charge in [0.1, 0.15) is 4.32 Å². The van der Waals surface area contributed by atoms with Crippen molar-refractivity contribution in [1.82, 2.24) is 0 Å². The Morgan fingerprint density at radius 2 is 2.04 bits per heavy atom. The Kier molecular flexibility index (Phi) is 5.34. The van der Waals surface area contributed by atoms with Gasteiger partial charge in [0.2, 0.25) is 0 Å². The molecule has 0 fully saturated rings. The molecule has 7 heteroatoms.